The highest BCUT2D eigenvalue weighted by atomic mass is 16.5. The van der Waals surface area contributed by atoms with E-state index in [0.29, 0.717) is 0 Å². The second-order valence-corrected chi connectivity index (χ2v) is 10.3. The van der Waals surface area contributed by atoms with Gasteiger partial charge < -0.3 is 18.3 Å². The molecule has 0 amide bonds. The molecule has 6 heteroatoms. The maximum absolute atomic E-state index is 6.52. The number of aryl methyl sites for hydroxylation is 2. The van der Waals surface area contributed by atoms with Crippen molar-refractivity contribution in [2.75, 3.05) is 65.7 Å². The molecule has 0 atom stereocenters. The van der Waals surface area contributed by atoms with Crippen LogP contribution in [0, 0.1) is 0 Å². The summed E-state index contributed by atoms with van der Waals surface area (Å²) in [4.78, 5) is 5.00. The van der Waals surface area contributed by atoms with E-state index in [1.165, 1.54) is 19.3 Å². The van der Waals surface area contributed by atoms with Crippen LogP contribution in [0.25, 0.3) is 0 Å². The van der Waals surface area contributed by atoms with Crippen molar-refractivity contribution < 1.29 is 18.3 Å². The number of ether oxygens (including phenoxy) is 2. The fourth-order valence-corrected chi connectivity index (χ4v) is 5.91. The smallest absolute Gasteiger partial charge is 0.117 e. The molecular formula is C28H42N2O4. The van der Waals surface area contributed by atoms with Gasteiger partial charge in [-0.1, -0.05) is 19.3 Å². The van der Waals surface area contributed by atoms with E-state index < -0.39 is 0 Å². The Morgan fingerprint density at radius 3 is 1.56 bits per heavy atom. The van der Waals surface area contributed by atoms with Crippen LogP contribution >= 0.6 is 0 Å². The third kappa shape index (κ3) is 5.96. The van der Waals surface area contributed by atoms with Gasteiger partial charge in [0, 0.05) is 39.0 Å². The average molecular weight is 471 g/mol. The van der Waals surface area contributed by atoms with E-state index in [2.05, 4.69) is 34.1 Å². The lowest BCUT2D eigenvalue weighted by Gasteiger charge is -2.33. The molecule has 2 aromatic heterocycles. The molecule has 5 rings (SSSR count). The van der Waals surface area contributed by atoms with Crippen molar-refractivity contribution in [3.63, 3.8) is 0 Å². The van der Waals surface area contributed by atoms with Gasteiger partial charge in [0.1, 0.15) is 23.0 Å². The Morgan fingerprint density at radius 1 is 0.618 bits per heavy atom. The minimum Gasteiger partial charge on any atom is -0.465 e. The van der Waals surface area contributed by atoms with E-state index in [4.69, 9.17) is 18.3 Å². The van der Waals surface area contributed by atoms with Gasteiger partial charge in [-0.15, -0.1) is 0 Å². The summed E-state index contributed by atoms with van der Waals surface area (Å²) in [5.41, 5.74) is -0.0941. The fraction of sp³-hybridized carbons (Fsp3) is 0.714. The van der Waals surface area contributed by atoms with Crippen molar-refractivity contribution in [3.8, 4) is 0 Å². The highest BCUT2D eigenvalue weighted by molar-refractivity contribution is 5.31. The Kier molecular flexibility index (Phi) is 8.43. The number of hydrogen-bond acceptors (Lipinski definition) is 6. The minimum absolute atomic E-state index is 0.0941. The molecule has 0 aromatic carbocycles. The van der Waals surface area contributed by atoms with Crippen molar-refractivity contribution in [2.24, 2.45) is 0 Å². The molecule has 1 aliphatic carbocycles. The van der Waals surface area contributed by atoms with Crippen LogP contribution < -0.4 is 0 Å². The van der Waals surface area contributed by atoms with E-state index in [1.807, 2.05) is 0 Å². The van der Waals surface area contributed by atoms with Gasteiger partial charge in [0.2, 0.25) is 0 Å². The monoisotopic (exact) mass is 470 g/mol. The zero-order chi connectivity index (χ0) is 23.1. The average Bonchev–Trinajstić information content (AvgIpc) is 3.57. The van der Waals surface area contributed by atoms with Gasteiger partial charge in [-0.3, -0.25) is 9.80 Å². The molecule has 3 aliphatic rings. The second kappa shape index (κ2) is 11.9. The van der Waals surface area contributed by atoms with Crippen LogP contribution in [0.1, 0.15) is 68.0 Å². The zero-order valence-electron chi connectivity index (χ0n) is 20.8. The van der Waals surface area contributed by atoms with E-state index in [1.54, 1.807) is 0 Å². The van der Waals surface area contributed by atoms with Crippen molar-refractivity contribution in [1.29, 1.82) is 0 Å². The van der Waals surface area contributed by atoms with Gasteiger partial charge in [0.25, 0.3) is 0 Å². The molecule has 3 fully saturated rings. The summed E-state index contributed by atoms with van der Waals surface area (Å²) in [6, 6.07) is 8.88. The highest BCUT2D eigenvalue weighted by Crippen LogP contribution is 2.46. The van der Waals surface area contributed by atoms with Gasteiger partial charge in [-0.25, -0.2) is 0 Å². The first-order chi connectivity index (χ1) is 16.8. The molecule has 0 bridgehead atoms. The SMILES string of the molecule is c1cc(C2(c3ccc(CCCN4CCOCC4)o3)CCCCC2)oc1CCCN1CCOCC1. The maximum atomic E-state index is 6.52. The normalized spacial score (nSPS) is 22.2. The predicted octanol–water partition coefficient (Wildman–Crippen LogP) is 4.65. The molecular weight excluding hydrogens is 428 g/mol. The molecule has 6 nitrogen and oxygen atoms in total. The topological polar surface area (TPSA) is 51.2 Å². The molecule has 34 heavy (non-hydrogen) atoms. The molecule has 0 radical (unpaired) electrons. The summed E-state index contributed by atoms with van der Waals surface area (Å²) in [5, 5.41) is 0. The molecule has 0 unspecified atom stereocenters. The number of rotatable bonds is 10. The Morgan fingerprint density at radius 2 is 1.09 bits per heavy atom. The third-order valence-electron chi connectivity index (χ3n) is 7.98. The van der Waals surface area contributed by atoms with Crippen LogP contribution in [0.5, 0.6) is 0 Å². The molecule has 2 saturated heterocycles. The predicted molar refractivity (Wildman–Crippen MR) is 132 cm³/mol. The number of nitrogens with zero attached hydrogens (tertiary/aromatic N) is 2. The molecule has 0 spiro atoms. The van der Waals surface area contributed by atoms with Crippen LogP contribution in [-0.2, 0) is 27.7 Å². The van der Waals surface area contributed by atoms with Crippen molar-refractivity contribution in [2.45, 2.75) is 63.2 Å². The van der Waals surface area contributed by atoms with E-state index in [9.17, 15) is 0 Å². The van der Waals surface area contributed by atoms with Crippen LogP contribution in [0.4, 0.5) is 0 Å². The van der Waals surface area contributed by atoms with Crippen LogP contribution in [-0.4, -0.2) is 75.5 Å². The minimum atomic E-state index is -0.0941. The second-order valence-electron chi connectivity index (χ2n) is 10.3. The third-order valence-corrected chi connectivity index (χ3v) is 7.98. The highest BCUT2D eigenvalue weighted by Gasteiger charge is 2.41. The summed E-state index contributed by atoms with van der Waals surface area (Å²) < 4.78 is 24.0. The van der Waals surface area contributed by atoms with Crippen LogP contribution in [0.15, 0.2) is 33.1 Å². The molecule has 1 saturated carbocycles. The van der Waals surface area contributed by atoms with Crippen molar-refractivity contribution in [1.82, 2.24) is 9.80 Å². The number of hydrogen-bond donors (Lipinski definition) is 0. The first-order valence-corrected chi connectivity index (χ1v) is 13.6. The van der Waals surface area contributed by atoms with Crippen molar-refractivity contribution in [3.05, 3.63) is 47.3 Å². The lowest BCUT2D eigenvalue weighted by molar-refractivity contribution is 0.0373. The Balaban J connectivity index is 1.20. The van der Waals surface area contributed by atoms with E-state index >= 15 is 0 Å². The standard InChI is InChI=1S/C28H42N2O4/c1-2-12-28(13-3-1,26-10-8-24(33-26)6-4-14-29-16-20-31-21-17-29)27-11-9-25(34-27)7-5-15-30-18-22-32-23-19-30/h8-11H,1-7,12-23H2. The van der Waals surface area contributed by atoms with Crippen LogP contribution in [0.2, 0.25) is 0 Å². The largest absolute Gasteiger partial charge is 0.465 e. The van der Waals surface area contributed by atoms with Crippen LogP contribution in [0.3, 0.4) is 0 Å². The zero-order valence-corrected chi connectivity index (χ0v) is 20.8. The molecule has 4 heterocycles. The summed E-state index contributed by atoms with van der Waals surface area (Å²) >= 11 is 0. The first-order valence-electron chi connectivity index (χ1n) is 13.6. The van der Waals surface area contributed by atoms with Gasteiger partial charge in [-0.2, -0.15) is 0 Å². The van der Waals surface area contributed by atoms with Gasteiger partial charge >= 0.3 is 0 Å². The lowest BCUT2D eigenvalue weighted by Crippen LogP contribution is -2.36. The molecule has 188 valence electrons. The molecule has 2 aromatic rings. The summed E-state index contributed by atoms with van der Waals surface area (Å²) in [6.45, 7) is 9.93. The fourth-order valence-electron chi connectivity index (χ4n) is 5.91. The Hall–Kier alpha value is -1.60. The summed E-state index contributed by atoms with van der Waals surface area (Å²) in [6.07, 6.45) is 10.3. The Bertz CT molecular complexity index is 793. The van der Waals surface area contributed by atoms with Crippen molar-refractivity contribution >= 4 is 0 Å². The lowest BCUT2D eigenvalue weighted by atomic mass is 9.70. The van der Waals surface area contributed by atoms with Gasteiger partial charge in [0.15, 0.2) is 0 Å². The molecule has 0 N–H and O–H groups in total. The van der Waals surface area contributed by atoms with Gasteiger partial charge in [-0.05, 0) is 63.0 Å². The number of furan rings is 2. The Labute approximate surface area is 204 Å². The maximum Gasteiger partial charge on any atom is 0.117 e. The first kappa shape index (κ1) is 24.1. The number of morpholine rings is 2. The van der Waals surface area contributed by atoms with E-state index in [0.717, 1.165) is 127 Å². The molecule has 2 aliphatic heterocycles. The van der Waals surface area contributed by atoms with Gasteiger partial charge in [0.05, 0.1) is 31.8 Å². The summed E-state index contributed by atoms with van der Waals surface area (Å²) in [5.74, 6) is 4.46. The summed E-state index contributed by atoms with van der Waals surface area (Å²) in [7, 11) is 0. The van der Waals surface area contributed by atoms with E-state index in [-0.39, 0.29) is 5.41 Å². The quantitative estimate of drug-likeness (QED) is 0.504.